The highest BCUT2D eigenvalue weighted by molar-refractivity contribution is 7.80. The molecule has 0 fully saturated rings. The van der Waals surface area contributed by atoms with Crippen molar-refractivity contribution in [3.8, 4) is 5.75 Å². The van der Waals surface area contributed by atoms with Crippen molar-refractivity contribution in [3.63, 3.8) is 0 Å². The van der Waals surface area contributed by atoms with Crippen LogP contribution in [0.4, 0.5) is 0 Å². The summed E-state index contributed by atoms with van der Waals surface area (Å²) < 4.78 is 0. The molecule has 0 unspecified atom stereocenters. The van der Waals surface area contributed by atoms with Crippen molar-refractivity contribution in [3.05, 3.63) is 65.9 Å². The van der Waals surface area contributed by atoms with Crippen LogP contribution in [0.25, 0.3) is 10.9 Å². The molecule has 0 bridgehead atoms. The van der Waals surface area contributed by atoms with Crippen LogP contribution in [0, 0.1) is 0 Å². The average molecular weight is 656 g/mol. The van der Waals surface area contributed by atoms with E-state index in [-0.39, 0.29) is 24.3 Å². The summed E-state index contributed by atoms with van der Waals surface area (Å²) in [5, 5.41) is 29.4. The zero-order chi connectivity index (χ0) is 34.0. The zero-order valence-corrected chi connectivity index (χ0v) is 25.8. The van der Waals surface area contributed by atoms with Gasteiger partial charge in [-0.25, -0.2) is 0 Å². The predicted molar refractivity (Wildman–Crippen MR) is 170 cm³/mol. The van der Waals surface area contributed by atoms with E-state index < -0.39 is 72.1 Å². The minimum Gasteiger partial charge on any atom is -0.508 e. The lowest BCUT2D eigenvalue weighted by Gasteiger charge is -2.26. The number of carbonyl (C=O) groups is 6. The number of para-hydroxylation sites is 1. The van der Waals surface area contributed by atoms with Gasteiger partial charge in [0, 0.05) is 35.7 Å². The molecule has 0 saturated heterocycles. The molecule has 0 aliphatic heterocycles. The van der Waals surface area contributed by atoms with Gasteiger partial charge in [-0.1, -0.05) is 30.3 Å². The largest absolute Gasteiger partial charge is 0.508 e. The van der Waals surface area contributed by atoms with Crippen LogP contribution in [0.15, 0.2) is 54.7 Å². The van der Waals surface area contributed by atoms with Crippen molar-refractivity contribution in [2.24, 2.45) is 11.5 Å². The Bertz CT molecular complexity index is 1580. The van der Waals surface area contributed by atoms with E-state index in [0.29, 0.717) is 11.1 Å². The van der Waals surface area contributed by atoms with Crippen molar-refractivity contribution in [1.29, 1.82) is 0 Å². The van der Waals surface area contributed by atoms with Crippen LogP contribution in [-0.2, 0) is 41.6 Å². The maximum Gasteiger partial charge on any atom is 0.325 e. The molecule has 0 aliphatic rings. The fraction of sp³-hybridized carbons (Fsp3) is 0.333. The number of aromatic nitrogens is 1. The molecule has 5 amide bonds. The van der Waals surface area contributed by atoms with Gasteiger partial charge in [0.05, 0.1) is 12.5 Å². The number of aromatic amines is 1. The summed E-state index contributed by atoms with van der Waals surface area (Å²) in [5.74, 6) is -5.66. The number of hydrogen-bond acceptors (Lipinski definition) is 9. The van der Waals surface area contributed by atoms with E-state index >= 15 is 0 Å². The lowest BCUT2D eigenvalue weighted by molar-refractivity contribution is -0.142. The first-order chi connectivity index (χ1) is 21.8. The number of aliphatic carboxylic acids is 1. The zero-order valence-electron chi connectivity index (χ0n) is 24.9. The van der Waals surface area contributed by atoms with Crippen LogP contribution >= 0.6 is 12.6 Å². The van der Waals surface area contributed by atoms with Gasteiger partial charge in [-0.3, -0.25) is 28.8 Å². The first-order valence-corrected chi connectivity index (χ1v) is 14.8. The highest BCUT2D eigenvalue weighted by Gasteiger charge is 2.32. The predicted octanol–water partition coefficient (Wildman–Crippen LogP) is -1.17. The number of carbonyl (C=O) groups excluding carboxylic acids is 5. The van der Waals surface area contributed by atoms with Gasteiger partial charge >= 0.3 is 5.97 Å². The SMILES string of the molecule is C[C@H](NC(=O)[C@H](Cc1ccc(O)cc1)NC(=O)[C@H](CC(N)=O)NC(=O)[C@H](Cc1c[nH]c2ccccc12)NC(=O)[C@@H](N)CS)C(=O)O. The Labute approximate surface area is 269 Å². The lowest BCUT2D eigenvalue weighted by atomic mass is 10.0. The summed E-state index contributed by atoms with van der Waals surface area (Å²) in [6.07, 6.45) is 0.849. The second kappa shape index (κ2) is 16.3. The molecule has 0 aliphatic carbocycles. The number of nitrogens with two attached hydrogens (primary N) is 2. The molecular formula is C30H37N7O8S. The molecule has 1 aromatic heterocycles. The van der Waals surface area contributed by atoms with Gasteiger partial charge in [0.25, 0.3) is 0 Å². The molecule has 1 heterocycles. The number of carboxylic acids is 1. The molecule has 3 rings (SSSR count). The highest BCUT2D eigenvalue weighted by Crippen LogP contribution is 2.19. The standard InChI is InChI=1S/C30H37N7O8S/c1-15(30(44)45)34-27(41)22(10-16-6-8-18(38)9-7-16)36-29(43)24(12-25(32)39)37-28(42)23(35-26(40)20(31)14-46)11-17-13-33-21-5-3-2-4-19(17)21/h2-9,13,15,20,22-24,33,38,46H,10-12,14,31H2,1H3,(H2,32,39)(H,34,41)(H,35,40)(H,36,43)(H,37,42)(H,44,45)/t15-,20-,22-,23-,24-/m0/s1. The fourth-order valence-electron chi connectivity index (χ4n) is 4.50. The number of phenols is 1. The number of thiol groups is 1. The molecule has 3 aromatic rings. The van der Waals surface area contributed by atoms with E-state index in [4.69, 9.17) is 11.5 Å². The molecule has 0 radical (unpaired) electrons. The maximum atomic E-state index is 13.6. The number of primary amides is 1. The minimum atomic E-state index is -1.59. The summed E-state index contributed by atoms with van der Waals surface area (Å²) in [7, 11) is 0. The number of rotatable bonds is 16. The van der Waals surface area contributed by atoms with Gasteiger partial charge < -0.3 is 47.9 Å². The topological polar surface area (TPSA) is 259 Å². The molecule has 0 spiro atoms. The average Bonchev–Trinajstić information content (AvgIpc) is 3.42. The number of aromatic hydroxyl groups is 1. The summed E-state index contributed by atoms with van der Waals surface area (Å²) >= 11 is 4.03. The summed E-state index contributed by atoms with van der Waals surface area (Å²) in [6.45, 7) is 1.23. The van der Waals surface area contributed by atoms with E-state index in [9.17, 15) is 39.0 Å². The van der Waals surface area contributed by atoms with Crippen LogP contribution in [0.1, 0.15) is 24.5 Å². The monoisotopic (exact) mass is 655 g/mol. The lowest BCUT2D eigenvalue weighted by Crippen LogP contribution is -2.59. The van der Waals surface area contributed by atoms with E-state index in [0.717, 1.165) is 10.9 Å². The third-order valence-corrected chi connectivity index (χ3v) is 7.44. The van der Waals surface area contributed by atoms with Crippen LogP contribution in [0.3, 0.4) is 0 Å². The van der Waals surface area contributed by atoms with Crippen molar-refractivity contribution in [1.82, 2.24) is 26.3 Å². The van der Waals surface area contributed by atoms with Crippen molar-refractivity contribution in [2.75, 3.05) is 5.75 Å². The molecule has 5 atom stereocenters. The number of carboxylic acid groups (broad SMARTS) is 1. The third kappa shape index (κ3) is 9.97. The smallest absolute Gasteiger partial charge is 0.325 e. The van der Waals surface area contributed by atoms with Gasteiger partial charge in [-0.2, -0.15) is 12.6 Å². The Morgan fingerprint density at radius 3 is 2.02 bits per heavy atom. The van der Waals surface area contributed by atoms with Crippen LogP contribution in [0.5, 0.6) is 5.75 Å². The number of fused-ring (bicyclic) bond motifs is 1. The quantitative estimate of drug-likeness (QED) is 0.0833. The van der Waals surface area contributed by atoms with Gasteiger partial charge in [-0.15, -0.1) is 0 Å². The second-order valence-electron chi connectivity index (χ2n) is 10.6. The number of nitrogens with one attached hydrogen (secondary N) is 5. The van der Waals surface area contributed by atoms with Crippen LogP contribution in [0.2, 0.25) is 0 Å². The minimum absolute atomic E-state index is 0.00898. The Morgan fingerprint density at radius 2 is 1.39 bits per heavy atom. The molecule has 11 N–H and O–H groups in total. The fourth-order valence-corrected chi connectivity index (χ4v) is 4.66. The first kappa shape index (κ1) is 35.4. The molecule has 16 heteroatoms. The molecule has 46 heavy (non-hydrogen) atoms. The number of amides is 5. The van der Waals surface area contributed by atoms with Gasteiger partial charge in [0.1, 0.15) is 29.9 Å². The normalized spacial score (nSPS) is 14.2. The maximum absolute atomic E-state index is 13.6. The number of phenolic OH excluding ortho intramolecular Hbond substituents is 1. The molecule has 0 saturated carbocycles. The van der Waals surface area contributed by atoms with Gasteiger partial charge in [0.15, 0.2) is 0 Å². The van der Waals surface area contributed by atoms with Crippen LogP contribution in [-0.4, -0.2) is 86.7 Å². The van der Waals surface area contributed by atoms with Crippen molar-refractivity contribution in [2.45, 2.75) is 56.4 Å². The van der Waals surface area contributed by atoms with E-state index in [1.807, 2.05) is 18.2 Å². The Hall–Kier alpha value is -5.09. The number of benzene rings is 2. The summed E-state index contributed by atoms with van der Waals surface area (Å²) in [5.41, 5.74) is 13.2. The Kier molecular flexibility index (Phi) is 12.5. The van der Waals surface area contributed by atoms with Crippen LogP contribution < -0.4 is 32.7 Å². The van der Waals surface area contributed by atoms with Crippen molar-refractivity contribution >= 4 is 59.0 Å². The Morgan fingerprint density at radius 1 is 0.826 bits per heavy atom. The number of hydrogen-bond donors (Lipinski definition) is 10. The van der Waals surface area contributed by atoms with Gasteiger partial charge in [-0.05, 0) is 36.2 Å². The third-order valence-electron chi connectivity index (χ3n) is 7.04. The molecule has 246 valence electrons. The summed E-state index contributed by atoms with van der Waals surface area (Å²) in [6, 6.07) is 6.47. The van der Waals surface area contributed by atoms with Gasteiger partial charge in [0.2, 0.25) is 29.5 Å². The van der Waals surface area contributed by atoms with Crippen molar-refractivity contribution < 1.29 is 39.0 Å². The highest BCUT2D eigenvalue weighted by atomic mass is 32.1. The first-order valence-electron chi connectivity index (χ1n) is 14.2. The Balaban J connectivity index is 1.87. The van der Waals surface area contributed by atoms with E-state index in [1.54, 1.807) is 12.3 Å². The van der Waals surface area contributed by atoms with E-state index in [2.05, 4.69) is 38.9 Å². The molecular weight excluding hydrogens is 618 g/mol. The molecule has 2 aromatic carbocycles. The van der Waals surface area contributed by atoms with E-state index in [1.165, 1.54) is 31.2 Å². The number of H-pyrrole nitrogens is 1. The second-order valence-corrected chi connectivity index (χ2v) is 11.0. The summed E-state index contributed by atoms with van der Waals surface area (Å²) in [4.78, 5) is 79.2. The molecule has 15 nitrogen and oxygen atoms in total.